The van der Waals surface area contributed by atoms with Crippen molar-refractivity contribution < 1.29 is 0 Å². The molecule has 0 saturated heterocycles. The number of aromatic nitrogens is 2. The largest absolute Gasteiger partial charge is 0.335 e. The Morgan fingerprint density at radius 3 is 2.85 bits per heavy atom. The van der Waals surface area contributed by atoms with E-state index in [2.05, 4.69) is 30.3 Å². The highest BCUT2D eigenvalue weighted by atomic mass is 15.0. The van der Waals surface area contributed by atoms with E-state index in [9.17, 15) is 0 Å². The van der Waals surface area contributed by atoms with Crippen molar-refractivity contribution in [1.29, 1.82) is 0 Å². The molecule has 74 valence electrons. The van der Waals surface area contributed by atoms with Crippen LogP contribution in [0.1, 0.15) is 38.8 Å². The molecule has 1 aromatic rings. The second-order valence-electron chi connectivity index (χ2n) is 3.88. The quantitative estimate of drug-likeness (QED) is 0.681. The molecule has 0 aliphatic rings. The van der Waals surface area contributed by atoms with Gasteiger partial charge in [-0.3, -0.25) is 0 Å². The van der Waals surface area contributed by atoms with E-state index < -0.39 is 0 Å². The Bertz CT molecular complexity index is 240. The van der Waals surface area contributed by atoms with E-state index in [0.29, 0.717) is 0 Å². The second kappa shape index (κ2) is 5.05. The molecule has 0 saturated carbocycles. The summed E-state index contributed by atoms with van der Waals surface area (Å²) in [4.78, 5) is 4.10. The summed E-state index contributed by atoms with van der Waals surface area (Å²) >= 11 is 0. The van der Waals surface area contributed by atoms with Crippen LogP contribution in [0.3, 0.4) is 0 Å². The molecule has 1 heterocycles. The molecule has 1 atom stereocenters. The summed E-state index contributed by atoms with van der Waals surface area (Å²) in [7, 11) is 0. The summed E-state index contributed by atoms with van der Waals surface area (Å²) < 4.78 is 2.22. The molecule has 0 aliphatic heterocycles. The fourth-order valence-corrected chi connectivity index (χ4v) is 1.44. The Balaban J connectivity index is 2.24. The first-order valence-electron chi connectivity index (χ1n) is 5.20. The maximum Gasteiger partial charge on any atom is 0.0948 e. The maximum absolute atomic E-state index is 4.10. The van der Waals surface area contributed by atoms with Crippen molar-refractivity contribution in [2.45, 2.75) is 46.6 Å². The van der Waals surface area contributed by atoms with Gasteiger partial charge in [-0.05, 0) is 25.7 Å². The van der Waals surface area contributed by atoms with Crippen LogP contribution in [-0.4, -0.2) is 9.55 Å². The summed E-state index contributed by atoms with van der Waals surface area (Å²) in [6, 6.07) is 0. The molecule has 1 unspecified atom stereocenters. The molecule has 0 bridgehead atoms. The standard InChI is InChI=1S/C11H20N2/c1-4-10(2)6-5-7-13-9-12-8-11(13)3/h8-10H,4-7H2,1-3H3. The van der Waals surface area contributed by atoms with Crippen LogP contribution in [0.2, 0.25) is 0 Å². The predicted molar refractivity (Wildman–Crippen MR) is 55.7 cm³/mol. The zero-order valence-corrected chi connectivity index (χ0v) is 8.95. The highest BCUT2D eigenvalue weighted by Gasteiger charge is 1.99. The molecule has 0 spiro atoms. The predicted octanol–water partition coefficient (Wildman–Crippen LogP) is 3.02. The Hall–Kier alpha value is -0.790. The van der Waals surface area contributed by atoms with Gasteiger partial charge < -0.3 is 4.57 Å². The van der Waals surface area contributed by atoms with Crippen molar-refractivity contribution in [3.05, 3.63) is 18.2 Å². The smallest absolute Gasteiger partial charge is 0.0948 e. The van der Waals surface area contributed by atoms with E-state index >= 15 is 0 Å². The van der Waals surface area contributed by atoms with Crippen molar-refractivity contribution in [3.8, 4) is 0 Å². The lowest BCUT2D eigenvalue weighted by Crippen LogP contribution is -2.01. The summed E-state index contributed by atoms with van der Waals surface area (Å²) in [5, 5.41) is 0. The van der Waals surface area contributed by atoms with Crippen molar-refractivity contribution in [2.75, 3.05) is 0 Å². The monoisotopic (exact) mass is 180 g/mol. The Kier molecular flexibility index (Phi) is 4.00. The van der Waals surface area contributed by atoms with Crippen LogP contribution in [0.5, 0.6) is 0 Å². The van der Waals surface area contributed by atoms with Crippen molar-refractivity contribution >= 4 is 0 Å². The second-order valence-corrected chi connectivity index (χ2v) is 3.88. The third-order valence-electron chi connectivity index (χ3n) is 2.71. The van der Waals surface area contributed by atoms with Crippen LogP contribution in [0.4, 0.5) is 0 Å². The lowest BCUT2D eigenvalue weighted by Gasteiger charge is -2.08. The third kappa shape index (κ3) is 3.21. The van der Waals surface area contributed by atoms with Crippen molar-refractivity contribution in [3.63, 3.8) is 0 Å². The first kappa shape index (κ1) is 10.3. The minimum Gasteiger partial charge on any atom is -0.335 e. The van der Waals surface area contributed by atoms with Crippen LogP contribution in [0.25, 0.3) is 0 Å². The maximum atomic E-state index is 4.10. The summed E-state index contributed by atoms with van der Waals surface area (Å²) in [5.74, 6) is 0.865. The number of aryl methyl sites for hydroxylation is 2. The van der Waals surface area contributed by atoms with E-state index in [1.807, 2.05) is 12.5 Å². The van der Waals surface area contributed by atoms with E-state index in [-0.39, 0.29) is 0 Å². The van der Waals surface area contributed by atoms with Crippen LogP contribution in [-0.2, 0) is 6.54 Å². The van der Waals surface area contributed by atoms with Gasteiger partial charge >= 0.3 is 0 Å². The average Bonchev–Trinajstić information content (AvgIpc) is 2.52. The van der Waals surface area contributed by atoms with Gasteiger partial charge in [-0.25, -0.2) is 4.98 Å². The molecule has 1 aromatic heterocycles. The SMILES string of the molecule is CCC(C)CCCn1cncc1C. The minimum atomic E-state index is 0.865. The number of imidazole rings is 1. The Morgan fingerprint density at radius 1 is 1.54 bits per heavy atom. The number of rotatable bonds is 5. The highest BCUT2D eigenvalue weighted by Crippen LogP contribution is 2.10. The lowest BCUT2D eigenvalue weighted by molar-refractivity contribution is 0.466. The van der Waals surface area contributed by atoms with E-state index in [1.54, 1.807) is 0 Å². The average molecular weight is 180 g/mol. The van der Waals surface area contributed by atoms with Gasteiger partial charge in [0.1, 0.15) is 0 Å². The van der Waals surface area contributed by atoms with E-state index in [1.165, 1.54) is 25.0 Å². The van der Waals surface area contributed by atoms with Gasteiger partial charge in [-0.1, -0.05) is 20.3 Å². The Morgan fingerprint density at radius 2 is 2.31 bits per heavy atom. The molecular formula is C11H20N2. The number of hydrogen-bond acceptors (Lipinski definition) is 1. The third-order valence-corrected chi connectivity index (χ3v) is 2.71. The van der Waals surface area contributed by atoms with Gasteiger partial charge in [0.15, 0.2) is 0 Å². The van der Waals surface area contributed by atoms with Gasteiger partial charge in [0.2, 0.25) is 0 Å². The van der Waals surface area contributed by atoms with Gasteiger partial charge in [-0.2, -0.15) is 0 Å². The molecule has 2 nitrogen and oxygen atoms in total. The van der Waals surface area contributed by atoms with Crippen molar-refractivity contribution in [1.82, 2.24) is 9.55 Å². The molecule has 0 amide bonds. The molecule has 13 heavy (non-hydrogen) atoms. The zero-order chi connectivity index (χ0) is 9.68. The molecule has 0 aromatic carbocycles. The van der Waals surface area contributed by atoms with Crippen molar-refractivity contribution in [2.24, 2.45) is 5.92 Å². The fourth-order valence-electron chi connectivity index (χ4n) is 1.44. The topological polar surface area (TPSA) is 17.8 Å². The minimum absolute atomic E-state index is 0.865. The number of nitrogens with zero attached hydrogens (tertiary/aromatic N) is 2. The van der Waals surface area contributed by atoms with E-state index in [4.69, 9.17) is 0 Å². The van der Waals surface area contributed by atoms with Crippen LogP contribution >= 0.6 is 0 Å². The first-order chi connectivity index (χ1) is 6.24. The van der Waals surface area contributed by atoms with Gasteiger partial charge in [0.05, 0.1) is 6.33 Å². The highest BCUT2D eigenvalue weighted by molar-refractivity contribution is 4.93. The first-order valence-corrected chi connectivity index (χ1v) is 5.20. The summed E-state index contributed by atoms with van der Waals surface area (Å²) in [5.41, 5.74) is 1.27. The molecule has 1 rings (SSSR count). The van der Waals surface area contributed by atoms with E-state index in [0.717, 1.165) is 12.5 Å². The fraction of sp³-hybridized carbons (Fsp3) is 0.727. The van der Waals surface area contributed by atoms with Gasteiger partial charge in [0.25, 0.3) is 0 Å². The Labute approximate surface area is 81.0 Å². The molecule has 2 heteroatoms. The molecular weight excluding hydrogens is 160 g/mol. The zero-order valence-electron chi connectivity index (χ0n) is 8.95. The van der Waals surface area contributed by atoms with Gasteiger partial charge in [-0.15, -0.1) is 0 Å². The summed E-state index contributed by atoms with van der Waals surface area (Å²) in [6.07, 6.45) is 7.73. The lowest BCUT2D eigenvalue weighted by atomic mass is 10.0. The van der Waals surface area contributed by atoms with Crippen LogP contribution < -0.4 is 0 Å². The molecule has 0 N–H and O–H groups in total. The normalized spacial score (nSPS) is 13.2. The molecule has 0 radical (unpaired) electrons. The van der Waals surface area contributed by atoms with Gasteiger partial charge in [0, 0.05) is 18.4 Å². The summed E-state index contributed by atoms with van der Waals surface area (Å²) in [6.45, 7) is 7.81. The van der Waals surface area contributed by atoms with Crippen LogP contribution in [0.15, 0.2) is 12.5 Å². The van der Waals surface area contributed by atoms with Crippen LogP contribution in [0, 0.1) is 12.8 Å². The molecule has 0 aliphatic carbocycles. The molecule has 0 fully saturated rings. The number of hydrogen-bond donors (Lipinski definition) is 0.